The van der Waals surface area contributed by atoms with Gasteiger partial charge in [0.2, 0.25) is 0 Å². The first-order valence-corrected chi connectivity index (χ1v) is 9.94. The highest BCUT2D eigenvalue weighted by molar-refractivity contribution is 7.89. The Morgan fingerprint density at radius 2 is 1.80 bits per heavy atom. The van der Waals surface area contributed by atoms with Crippen LogP contribution in [-0.2, 0) is 15.6 Å². The number of carbonyl (C=O) groups excluding carboxylic acids is 1. The van der Waals surface area contributed by atoms with E-state index >= 15 is 0 Å². The molecule has 0 aliphatic carbocycles. The first-order valence-electron chi connectivity index (χ1n) is 7.88. The molecule has 3 aromatic rings. The number of hydrogen-bond acceptors (Lipinski definition) is 4. The Bertz CT molecular complexity index is 970. The molecule has 0 aliphatic rings. The lowest BCUT2D eigenvalue weighted by Gasteiger charge is -2.11. The molecular formula is C19H19NO4S. The van der Waals surface area contributed by atoms with E-state index in [1.807, 2.05) is 37.3 Å². The largest absolute Gasteiger partial charge is 0.459 e. The maximum Gasteiger partial charge on any atom is 0.251 e. The SMILES string of the molecule is C[C@@H](NC(=O)c1ccc(CS(C)(=O)=O)cc1)c1cc2ccccc2o1. The van der Waals surface area contributed by atoms with Crippen LogP contribution in [0.5, 0.6) is 0 Å². The number of fused-ring (bicyclic) bond motifs is 1. The van der Waals surface area contributed by atoms with Crippen LogP contribution in [0.3, 0.4) is 0 Å². The second kappa shape index (κ2) is 6.72. The van der Waals surface area contributed by atoms with Gasteiger partial charge in [-0.2, -0.15) is 0 Å². The van der Waals surface area contributed by atoms with Crippen LogP contribution in [0.1, 0.15) is 34.6 Å². The average molecular weight is 357 g/mol. The van der Waals surface area contributed by atoms with E-state index in [4.69, 9.17) is 4.42 Å². The van der Waals surface area contributed by atoms with Gasteiger partial charge in [0, 0.05) is 17.2 Å². The molecule has 25 heavy (non-hydrogen) atoms. The van der Waals surface area contributed by atoms with Crippen LogP contribution in [0.4, 0.5) is 0 Å². The number of carbonyl (C=O) groups is 1. The van der Waals surface area contributed by atoms with Crippen molar-refractivity contribution >= 4 is 26.7 Å². The molecule has 1 atom stereocenters. The van der Waals surface area contributed by atoms with Gasteiger partial charge in [0.05, 0.1) is 11.8 Å². The number of para-hydroxylation sites is 1. The van der Waals surface area contributed by atoms with Gasteiger partial charge in [0.1, 0.15) is 11.3 Å². The zero-order valence-electron chi connectivity index (χ0n) is 14.0. The Balaban J connectivity index is 1.70. The quantitative estimate of drug-likeness (QED) is 0.758. The molecule has 1 heterocycles. The van der Waals surface area contributed by atoms with Crippen molar-refractivity contribution in [2.24, 2.45) is 0 Å². The Kier molecular flexibility index (Phi) is 4.63. The van der Waals surface area contributed by atoms with Crippen molar-refractivity contribution in [3.8, 4) is 0 Å². The van der Waals surface area contributed by atoms with Crippen molar-refractivity contribution in [2.45, 2.75) is 18.7 Å². The van der Waals surface area contributed by atoms with E-state index in [-0.39, 0.29) is 17.7 Å². The van der Waals surface area contributed by atoms with Crippen molar-refractivity contribution < 1.29 is 17.6 Å². The number of furan rings is 1. The Morgan fingerprint density at radius 3 is 2.44 bits per heavy atom. The molecule has 6 heteroatoms. The van der Waals surface area contributed by atoms with Gasteiger partial charge in [-0.15, -0.1) is 0 Å². The molecule has 0 spiro atoms. The predicted molar refractivity (Wildman–Crippen MR) is 97.1 cm³/mol. The van der Waals surface area contributed by atoms with Crippen molar-refractivity contribution in [1.82, 2.24) is 5.32 Å². The van der Waals surface area contributed by atoms with Gasteiger partial charge in [-0.05, 0) is 36.8 Å². The van der Waals surface area contributed by atoms with Crippen LogP contribution in [-0.4, -0.2) is 20.6 Å². The van der Waals surface area contributed by atoms with E-state index in [0.29, 0.717) is 16.9 Å². The van der Waals surface area contributed by atoms with Gasteiger partial charge in [-0.25, -0.2) is 8.42 Å². The van der Waals surface area contributed by atoms with E-state index in [0.717, 1.165) is 11.0 Å². The monoisotopic (exact) mass is 357 g/mol. The second-order valence-corrected chi connectivity index (χ2v) is 8.29. The summed E-state index contributed by atoms with van der Waals surface area (Å²) in [5.74, 6) is 0.409. The summed E-state index contributed by atoms with van der Waals surface area (Å²) in [4.78, 5) is 12.4. The van der Waals surface area contributed by atoms with E-state index in [1.54, 1.807) is 24.3 Å². The summed E-state index contributed by atoms with van der Waals surface area (Å²) in [6.45, 7) is 1.85. The number of amides is 1. The maximum atomic E-state index is 12.4. The Labute approximate surface area is 146 Å². The molecule has 0 unspecified atom stereocenters. The third-order valence-corrected chi connectivity index (χ3v) is 4.72. The van der Waals surface area contributed by atoms with Gasteiger partial charge >= 0.3 is 0 Å². The molecule has 1 amide bonds. The van der Waals surface area contributed by atoms with Gasteiger partial charge in [-0.3, -0.25) is 4.79 Å². The number of benzene rings is 2. The molecule has 3 rings (SSSR count). The molecule has 0 bridgehead atoms. The van der Waals surface area contributed by atoms with E-state index in [2.05, 4.69) is 5.32 Å². The summed E-state index contributed by atoms with van der Waals surface area (Å²) < 4.78 is 28.4. The lowest BCUT2D eigenvalue weighted by atomic mass is 10.1. The topological polar surface area (TPSA) is 76.4 Å². The van der Waals surface area contributed by atoms with Crippen LogP contribution in [0.15, 0.2) is 59.0 Å². The van der Waals surface area contributed by atoms with E-state index < -0.39 is 9.84 Å². The zero-order valence-corrected chi connectivity index (χ0v) is 14.8. The fraction of sp³-hybridized carbons (Fsp3) is 0.211. The molecule has 0 aliphatic heterocycles. The molecule has 1 aromatic heterocycles. The number of nitrogens with one attached hydrogen (secondary N) is 1. The van der Waals surface area contributed by atoms with Crippen molar-refractivity contribution in [3.63, 3.8) is 0 Å². The van der Waals surface area contributed by atoms with E-state index in [9.17, 15) is 13.2 Å². The summed E-state index contributed by atoms with van der Waals surface area (Å²) in [6, 6.07) is 15.9. The minimum absolute atomic E-state index is 0.0374. The van der Waals surface area contributed by atoms with Crippen LogP contribution in [0, 0.1) is 0 Å². The minimum atomic E-state index is -3.09. The summed E-state index contributed by atoms with van der Waals surface area (Å²) in [6.07, 6.45) is 1.18. The fourth-order valence-corrected chi connectivity index (χ4v) is 3.42. The van der Waals surface area contributed by atoms with Crippen molar-refractivity contribution in [3.05, 3.63) is 71.5 Å². The van der Waals surface area contributed by atoms with Gasteiger partial charge in [0.15, 0.2) is 9.84 Å². The Hall–Kier alpha value is -2.60. The highest BCUT2D eigenvalue weighted by Crippen LogP contribution is 2.23. The molecule has 2 aromatic carbocycles. The molecule has 0 fully saturated rings. The second-order valence-electron chi connectivity index (χ2n) is 6.15. The summed E-state index contributed by atoms with van der Waals surface area (Å²) in [5, 5.41) is 3.88. The number of hydrogen-bond donors (Lipinski definition) is 1. The summed E-state index contributed by atoms with van der Waals surface area (Å²) >= 11 is 0. The molecule has 5 nitrogen and oxygen atoms in total. The summed E-state index contributed by atoms with van der Waals surface area (Å²) in [5.41, 5.74) is 1.91. The minimum Gasteiger partial charge on any atom is -0.459 e. The Morgan fingerprint density at radius 1 is 1.12 bits per heavy atom. The fourth-order valence-electron chi connectivity index (χ4n) is 2.62. The van der Waals surface area contributed by atoms with Crippen LogP contribution in [0.2, 0.25) is 0 Å². The molecule has 0 radical (unpaired) electrons. The third-order valence-electron chi connectivity index (χ3n) is 3.86. The first kappa shape index (κ1) is 17.2. The smallest absolute Gasteiger partial charge is 0.251 e. The molecule has 0 saturated heterocycles. The van der Waals surface area contributed by atoms with Crippen molar-refractivity contribution in [2.75, 3.05) is 6.26 Å². The highest BCUT2D eigenvalue weighted by Gasteiger charge is 2.15. The van der Waals surface area contributed by atoms with Gasteiger partial charge < -0.3 is 9.73 Å². The van der Waals surface area contributed by atoms with Crippen LogP contribution >= 0.6 is 0 Å². The molecule has 0 saturated carbocycles. The molecule has 130 valence electrons. The average Bonchev–Trinajstić information content (AvgIpc) is 2.98. The van der Waals surface area contributed by atoms with Gasteiger partial charge in [-0.1, -0.05) is 30.3 Å². The highest BCUT2D eigenvalue weighted by atomic mass is 32.2. The van der Waals surface area contributed by atoms with Crippen LogP contribution < -0.4 is 5.32 Å². The third kappa shape index (κ3) is 4.28. The standard InChI is InChI=1S/C19H19NO4S/c1-13(18-11-16-5-3-4-6-17(16)24-18)20-19(21)15-9-7-14(8-10-15)12-25(2,22)23/h3-11,13H,12H2,1-2H3,(H,20,21)/t13-/m1/s1. The number of rotatable bonds is 5. The first-order chi connectivity index (χ1) is 11.8. The number of sulfone groups is 1. The molecule has 1 N–H and O–H groups in total. The predicted octanol–water partition coefficient (Wildman–Crippen LogP) is 3.47. The maximum absolute atomic E-state index is 12.4. The van der Waals surface area contributed by atoms with Gasteiger partial charge in [0.25, 0.3) is 5.91 Å². The van der Waals surface area contributed by atoms with Crippen LogP contribution in [0.25, 0.3) is 11.0 Å². The van der Waals surface area contributed by atoms with E-state index in [1.165, 1.54) is 6.26 Å². The molecular weight excluding hydrogens is 338 g/mol. The lowest BCUT2D eigenvalue weighted by molar-refractivity contribution is 0.0935. The normalized spacial score (nSPS) is 12.9. The summed E-state index contributed by atoms with van der Waals surface area (Å²) in [7, 11) is -3.09. The van der Waals surface area contributed by atoms with Crippen molar-refractivity contribution in [1.29, 1.82) is 0 Å². The lowest BCUT2D eigenvalue weighted by Crippen LogP contribution is -2.26. The zero-order chi connectivity index (χ0) is 18.0.